The Morgan fingerprint density at radius 1 is 0.966 bits per heavy atom. The molecule has 0 spiro atoms. The van der Waals surface area contributed by atoms with Crippen LogP contribution in [0.15, 0.2) is 69.6 Å². The van der Waals surface area contributed by atoms with E-state index in [9.17, 15) is 17.8 Å². The summed E-state index contributed by atoms with van der Waals surface area (Å²) in [7, 11) is -6.52. The smallest absolute Gasteiger partial charge is 0.310 e. The number of fused-ring (bicyclic) bond motifs is 1. The van der Waals surface area contributed by atoms with Gasteiger partial charge in [0.1, 0.15) is 5.03 Å². The molecule has 2 aromatic carbocycles. The summed E-state index contributed by atoms with van der Waals surface area (Å²) in [5, 5.41) is -3.27. The molecule has 1 aliphatic carbocycles. The van der Waals surface area contributed by atoms with Crippen molar-refractivity contribution in [3.8, 4) is 0 Å². The summed E-state index contributed by atoms with van der Waals surface area (Å²) in [5.74, 6) is -0.638. The molecule has 1 atom stereocenters. The highest BCUT2D eigenvalue weighted by Crippen LogP contribution is 2.69. The van der Waals surface area contributed by atoms with Gasteiger partial charge in [0.15, 0.2) is 5.28 Å². The van der Waals surface area contributed by atoms with Crippen molar-refractivity contribution in [3.05, 3.63) is 75.8 Å². The highest BCUT2D eigenvalue weighted by atomic mass is 35.5. The minimum Gasteiger partial charge on any atom is -0.310 e. The summed E-state index contributed by atoms with van der Waals surface area (Å²) >= 11 is 12.6. The minimum absolute atomic E-state index is 0.00550. The molecular weight excluding hydrogens is 460 g/mol. The molecule has 0 heterocycles. The maximum Gasteiger partial charge on any atom is 0.361 e. The van der Waals surface area contributed by atoms with Gasteiger partial charge in [-0.05, 0) is 12.1 Å². The number of benzene rings is 2. The van der Waals surface area contributed by atoms with E-state index in [2.05, 4.69) is 4.72 Å². The molecule has 1 N–H and O–H groups in total. The summed E-state index contributed by atoms with van der Waals surface area (Å²) in [6.45, 7) is 0. The van der Waals surface area contributed by atoms with Crippen LogP contribution in [0, 0.1) is 0 Å². The fourth-order valence-electron chi connectivity index (χ4n) is 3.12. The van der Waals surface area contributed by atoms with Crippen molar-refractivity contribution in [2.45, 2.75) is 10.2 Å². The first-order valence-corrected chi connectivity index (χ1v) is 11.9. The molecule has 1 unspecified atom stereocenters. The molecule has 11 heteroatoms. The van der Waals surface area contributed by atoms with Gasteiger partial charge >= 0.3 is 7.60 Å². The maximum atomic E-state index is 13.7. The Bertz CT molecular complexity index is 1140. The van der Waals surface area contributed by atoms with Crippen molar-refractivity contribution in [1.82, 2.24) is 4.72 Å². The molecule has 0 saturated carbocycles. The number of Topliss-reactive ketones (excluding diaryl/α,β-unsaturated/α-hetero) is 1. The topological polar surface area (TPSA) is 98.8 Å². The summed E-state index contributed by atoms with van der Waals surface area (Å²) < 4.78 is 52.7. The van der Waals surface area contributed by atoms with Gasteiger partial charge in [0.05, 0.1) is 9.93 Å². The van der Waals surface area contributed by atoms with E-state index in [1.807, 2.05) is 0 Å². The van der Waals surface area contributed by atoms with Gasteiger partial charge in [-0.15, -0.1) is 0 Å². The molecule has 3 rings (SSSR count). The number of halogens is 2. The fraction of sp³-hybridized carbons (Fsp3) is 0.167. The third kappa shape index (κ3) is 3.39. The van der Waals surface area contributed by atoms with E-state index in [-0.39, 0.29) is 16.0 Å². The number of hydrogen-bond donors (Lipinski definition) is 1. The van der Waals surface area contributed by atoms with Crippen LogP contribution in [-0.4, -0.2) is 28.4 Å². The number of allylic oxidation sites excluding steroid dienone is 1. The van der Waals surface area contributed by atoms with Crippen LogP contribution in [0.1, 0.15) is 15.9 Å². The lowest BCUT2D eigenvalue weighted by molar-refractivity contribution is 0.103. The molecule has 0 amide bonds. The number of sulfonamides is 1. The van der Waals surface area contributed by atoms with Crippen molar-refractivity contribution >= 4 is 46.6 Å². The Labute approximate surface area is 178 Å². The van der Waals surface area contributed by atoms with E-state index in [0.29, 0.717) is 0 Å². The standard InChI is InChI=1S/C18H16Cl2NO6PS/c1-26-28(23,27-2)18(21-29(24,25)12-8-4-3-5-9-12)14-11-7-6-10-13(14)16(22)15(19)17(18)20/h3-11,21H,1-2H3. The largest absolute Gasteiger partial charge is 0.361 e. The Morgan fingerprint density at radius 2 is 1.52 bits per heavy atom. The van der Waals surface area contributed by atoms with Gasteiger partial charge in [-0.3, -0.25) is 9.36 Å². The fourth-order valence-corrected chi connectivity index (χ4v) is 7.61. The number of rotatable bonds is 6. The van der Waals surface area contributed by atoms with Crippen LogP contribution >= 0.6 is 30.8 Å². The molecule has 29 heavy (non-hydrogen) atoms. The monoisotopic (exact) mass is 475 g/mol. The van der Waals surface area contributed by atoms with E-state index < -0.39 is 38.7 Å². The predicted octanol–water partition coefficient (Wildman–Crippen LogP) is 4.19. The quantitative estimate of drug-likeness (QED) is 0.628. The van der Waals surface area contributed by atoms with Gasteiger partial charge in [0, 0.05) is 25.3 Å². The molecular formula is C18H16Cl2NO6PS. The second-order valence-corrected chi connectivity index (χ2v) is 10.8. The molecule has 2 aromatic rings. The number of nitrogens with one attached hydrogen (secondary N) is 1. The Balaban J connectivity index is 2.40. The SMILES string of the molecule is COP(=O)(OC)C1(NS(=O)(=O)c2ccccc2)C(Cl)=C(Cl)C(=O)c2ccccc21. The van der Waals surface area contributed by atoms with Gasteiger partial charge in [0.2, 0.25) is 15.8 Å². The average Bonchev–Trinajstić information content (AvgIpc) is 2.75. The second-order valence-electron chi connectivity index (χ2n) is 5.99. The highest BCUT2D eigenvalue weighted by molar-refractivity contribution is 7.90. The van der Waals surface area contributed by atoms with E-state index in [1.165, 1.54) is 42.5 Å². The average molecular weight is 476 g/mol. The van der Waals surface area contributed by atoms with Gasteiger partial charge < -0.3 is 9.05 Å². The normalized spacial score (nSPS) is 19.9. The van der Waals surface area contributed by atoms with Crippen molar-refractivity contribution < 1.29 is 26.8 Å². The van der Waals surface area contributed by atoms with Gasteiger partial charge in [0.25, 0.3) is 0 Å². The van der Waals surface area contributed by atoms with E-state index in [1.54, 1.807) is 12.1 Å². The summed E-state index contributed by atoms with van der Waals surface area (Å²) in [6.07, 6.45) is 0. The van der Waals surface area contributed by atoms with Crippen molar-refractivity contribution in [1.29, 1.82) is 0 Å². The van der Waals surface area contributed by atoms with Crippen LogP contribution in [0.25, 0.3) is 0 Å². The third-order valence-electron chi connectivity index (χ3n) is 4.50. The molecule has 0 aromatic heterocycles. The summed E-state index contributed by atoms with van der Waals surface area (Å²) in [6, 6.07) is 13.3. The number of carbonyl (C=O) groups excluding carboxylic acids is 1. The lowest BCUT2D eigenvalue weighted by Gasteiger charge is -2.41. The molecule has 0 aliphatic heterocycles. The molecule has 0 bridgehead atoms. The zero-order chi connectivity index (χ0) is 21.4. The molecule has 0 saturated heterocycles. The molecule has 154 valence electrons. The van der Waals surface area contributed by atoms with Crippen LogP contribution in [0.5, 0.6) is 0 Å². The number of ketones is 1. The Kier molecular flexibility index (Phi) is 6.09. The number of carbonyl (C=O) groups is 1. The zero-order valence-corrected chi connectivity index (χ0v) is 18.5. The van der Waals surface area contributed by atoms with Crippen LogP contribution in [0.3, 0.4) is 0 Å². The van der Waals surface area contributed by atoms with Crippen molar-refractivity contribution in [3.63, 3.8) is 0 Å². The molecule has 1 aliphatic rings. The van der Waals surface area contributed by atoms with Crippen LogP contribution in [0.2, 0.25) is 0 Å². The first-order chi connectivity index (χ1) is 13.6. The lowest BCUT2D eigenvalue weighted by Crippen LogP contribution is -2.49. The summed E-state index contributed by atoms with van der Waals surface area (Å²) in [4.78, 5) is 12.5. The Hall–Kier alpha value is -1.51. The van der Waals surface area contributed by atoms with E-state index in [0.717, 1.165) is 14.2 Å². The number of hydrogen-bond acceptors (Lipinski definition) is 6. The second kappa shape index (κ2) is 7.96. The van der Waals surface area contributed by atoms with Gasteiger partial charge in [-0.1, -0.05) is 65.7 Å². The van der Waals surface area contributed by atoms with Crippen molar-refractivity contribution in [2.75, 3.05) is 14.2 Å². The highest BCUT2D eigenvalue weighted by Gasteiger charge is 2.61. The molecule has 0 fully saturated rings. The predicted molar refractivity (Wildman–Crippen MR) is 110 cm³/mol. The van der Waals surface area contributed by atoms with Gasteiger partial charge in [-0.2, -0.15) is 4.72 Å². The summed E-state index contributed by atoms with van der Waals surface area (Å²) in [5.41, 5.74) is 0.0259. The lowest BCUT2D eigenvalue weighted by atomic mass is 9.91. The first kappa shape index (κ1) is 22.2. The molecule has 0 radical (unpaired) electrons. The minimum atomic E-state index is -4.37. The van der Waals surface area contributed by atoms with E-state index >= 15 is 0 Å². The van der Waals surface area contributed by atoms with Gasteiger partial charge in [-0.25, -0.2) is 8.42 Å². The maximum absolute atomic E-state index is 13.7. The van der Waals surface area contributed by atoms with Crippen LogP contribution in [0.4, 0.5) is 0 Å². The van der Waals surface area contributed by atoms with Crippen molar-refractivity contribution in [2.24, 2.45) is 0 Å². The first-order valence-electron chi connectivity index (χ1n) is 8.15. The van der Waals surface area contributed by atoms with Crippen LogP contribution in [-0.2, 0) is 28.9 Å². The van der Waals surface area contributed by atoms with Crippen LogP contribution < -0.4 is 4.72 Å². The molecule has 7 nitrogen and oxygen atoms in total. The van der Waals surface area contributed by atoms with E-state index in [4.69, 9.17) is 32.2 Å². The third-order valence-corrected chi connectivity index (χ3v) is 9.54. The zero-order valence-electron chi connectivity index (χ0n) is 15.3. The Morgan fingerprint density at radius 3 is 2.10 bits per heavy atom.